The molecule has 1 atom stereocenters. The van der Waals surface area contributed by atoms with Crippen molar-refractivity contribution in [2.45, 2.75) is 12.3 Å². The molecule has 1 heterocycles. The monoisotopic (exact) mass is 280 g/mol. The van der Waals surface area contributed by atoms with E-state index in [4.69, 9.17) is 0 Å². The number of rotatable bonds is 4. The Balaban J connectivity index is 2.22. The van der Waals surface area contributed by atoms with Crippen LogP contribution in [0.3, 0.4) is 0 Å². The van der Waals surface area contributed by atoms with Crippen molar-refractivity contribution in [1.82, 2.24) is 4.98 Å². The number of hydrogen-bond donors (Lipinski definition) is 1. The fraction of sp³-hybridized carbons (Fsp3) is 0.176. The maximum atomic E-state index is 11.2. The van der Waals surface area contributed by atoms with Gasteiger partial charge < -0.3 is 4.98 Å². The number of fused-ring (bicyclic) bond motifs is 1. The highest BCUT2D eigenvalue weighted by Gasteiger charge is 2.36. The molecule has 1 aromatic heterocycles. The number of para-hydroxylation sites is 1. The van der Waals surface area contributed by atoms with Crippen LogP contribution in [0.1, 0.15) is 18.1 Å². The van der Waals surface area contributed by atoms with Crippen LogP contribution in [-0.4, -0.2) is 16.5 Å². The fourth-order valence-electron chi connectivity index (χ4n) is 2.92. The summed E-state index contributed by atoms with van der Waals surface area (Å²) in [6.07, 6.45) is 1.89. The topological polar surface area (TPSA) is 58.9 Å². The maximum absolute atomic E-state index is 11.2. The first-order valence-corrected chi connectivity index (χ1v) is 6.85. The van der Waals surface area contributed by atoms with Crippen molar-refractivity contribution in [2.24, 2.45) is 0 Å². The molecule has 4 heteroatoms. The molecule has 0 saturated heterocycles. The standard InChI is InChI=1S/C17H16N2O2/c1-17(12-19(20)21,13-7-3-2-4-8-13)15-11-18-16-10-6-5-9-14(15)16/h2-11,18H,12H2,1H3/t17-/m0/s1. The Kier molecular flexibility index (Phi) is 3.22. The van der Waals surface area contributed by atoms with Crippen molar-refractivity contribution < 1.29 is 4.92 Å². The Morgan fingerprint density at radius 3 is 2.48 bits per heavy atom. The molecule has 0 aliphatic carbocycles. The first-order chi connectivity index (χ1) is 10.1. The van der Waals surface area contributed by atoms with Gasteiger partial charge in [0.25, 0.3) is 0 Å². The second-order valence-corrected chi connectivity index (χ2v) is 5.44. The molecule has 0 radical (unpaired) electrons. The predicted molar refractivity (Wildman–Crippen MR) is 83.1 cm³/mol. The number of nitro groups is 1. The van der Waals surface area contributed by atoms with E-state index in [1.165, 1.54) is 0 Å². The lowest BCUT2D eigenvalue weighted by Crippen LogP contribution is -2.32. The lowest BCUT2D eigenvalue weighted by Gasteiger charge is -2.26. The first-order valence-electron chi connectivity index (χ1n) is 6.85. The van der Waals surface area contributed by atoms with E-state index in [1.807, 2.05) is 67.7 Å². The van der Waals surface area contributed by atoms with E-state index in [0.717, 1.165) is 22.0 Å². The van der Waals surface area contributed by atoms with E-state index in [0.29, 0.717) is 0 Å². The van der Waals surface area contributed by atoms with Crippen molar-refractivity contribution in [1.29, 1.82) is 0 Å². The van der Waals surface area contributed by atoms with Gasteiger partial charge in [-0.3, -0.25) is 10.1 Å². The van der Waals surface area contributed by atoms with Gasteiger partial charge in [-0.1, -0.05) is 48.5 Å². The Morgan fingerprint density at radius 2 is 1.76 bits per heavy atom. The lowest BCUT2D eigenvalue weighted by atomic mass is 9.76. The van der Waals surface area contributed by atoms with Crippen LogP contribution in [-0.2, 0) is 5.41 Å². The van der Waals surface area contributed by atoms with Crippen molar-refractivity contribution in [2.75, 3.05) is 6.54 Å². The summed E-state index contributed by atoms with van der Waals surface area (Å²) >= 11 is 0. The summed E-state index contributed by atoms with van der Waals surface area (Å²) in [7, 11) is 0. The SMILES string of the molecule is C[C@](C[N+](=O)[O-])(c1ccccc1)c1c[nH]c2ccccc12. The molecule has 0 saturated carbocycles. The summed E-state index contributed by atoms with van der Waals surface area (Å²) in [5.41, 5.74) is 2.25. The van der Waals surface area contributed by atoms with Crippen LogP contribution < -0.4 is 0 Å². The fourth-order valence-corrected chi connectivity index (χ4v) is 2.92. The Morgan fingerprint density at radius 1 is 1.10 bits per heavy atom. The summed E-state index contributed by atoms with van der Waals surface area (Å²) in [6, 6.07) is 17.6. The first kappa shape index (κ1) is 13.4. The molecule has 0 aliphatic rings. The van der Waals surface area contributed by atoms with Gasteiger partial charge in [-0.15, -0.1) is 0 Å². The van der Waals surface area contributed by atoms with Gasteiger partial charge in [0.15, 0.2) is 0 Å². The molecule has 4 nitrogen and oxygen atoms in total. The van der Waals surface area contributed by atoms with Crippen LogP contribution in [0, 0.1) is 10.1 Å². The Labute approximate surface area is 122 Å². The molecule has 1 N–H and O–H groups in total. The molecule has 3 rings (SSSR count). The van der Waals surface area contributed by atoms with Gasteiger partial charge in [0, 0.05) is 22.0 Å². The summed E-state index contributed by atoms with van der Waals surface area (Å²) < 4.78 is 0. The smallest absolute Gasteiger partial charge is 0.217 e. The molecule has 0 unspecified atom stereocenters. The molecule has 0 fully saturated rings. The number of nitrogens with one attached hydrogen (secondary N) is 1. The predicted octanol–water partition coefficient (Wildman–Crippen LogP) is 3.75. The molecule has 21 heavy (non-hydrogen) atoms. The van der Waals surface area contributed by atoms with Gasteiger partial charge in [-0.05, 0) is 24.1 Å². The minimum Gasteiger partial charge on any atom is -0.361 e. The molecular formula is C17H16N2O2. The van der Waals surface area contributed by atoms with E-state index < -0.39 is 5.41 Å². The van der Waals surface area contributed by atoms with Crippen molar-refractivity contribution in [3.8, 4) is 0 Å². The van der Waals surface area contributed by atoms with Gasteiger partial charge in [-0.2, -0.15) is 0 Å². The number of aromatic nitrogens is 1. The van der Waals surface area contributed by atoms with Crippen LogP contribution in [0.4, 0.5) is 0 Å². The summed E-state index contributed by atoms with van der Waals surface area (Å²) in [6.45, 7) is 1.79. The zero-order valence-corrected chi connectivity index (χ0v) is 11.7. The molecule has 0 spiro atoms. The normalized spacial score (nSPS) is 14.0. The van der Waals surface area contributed by atoms with Crippen LogP contribution in [0.5, 0.6) is 0 Å². The van der Waals surface area contributed by atoms with Crippen LogP contribution >= 0.6 is 0 Å². The number of benzene rings is 2. The average Bonchev–Trinajstić information content (AvgIpc) is 2.92. The largest absolute Gasteiger partial charge is 0.361 e. The van der Waals surface area contributed by atoms with Gasteiger partial charge in [-0.25, -0.2) is 0 Å². The van der Waals surface area contributed by atoms with Crippen molar-refractivity contribution in [3.05, 3.63) is 82.0 Å². The molecule has 0 aliphatic heterocycles. The minimum absolute atomic E-state index is 0.140. The number of aromatic amines is 1. The summed E-state index contributed by atoms with van der Waals surface area (Å²) in [4.78, 5) is 14.2. The molecular weight excluding hydrogens is 264 g/mol. The minimum atomic E-state index is -0.662. The zero-order valence-electron chi connectivity index (χ0n) is 11.7. The lowest BCUT2D eigenvalue weighted by molar-refractivity contribution is -0.488. The van der Waals surface area contributed by atoms with E-state index in [9.17, 15) is 10.1 Å². The van der Waals surface area contributed by atoms with E-state index in [-0.39, 0.29) is 11.5 Å². The van der Waals surface area contributed by atoms with Gasteiger partial charge in [0.05, 0.1) is 5.41 Å². The number of hydrogen-bond acceptors (Lipinski definition) is 2. The van der Waals surface area contributed by atoms with E-state index >= 15 is 0 Å². The van der Waals surface area contributed by atoms with Crippen LogP contribution in [0.15, 0.2) is 60.8 Å². The van der Waals surface area contributed by atoms with Gasteiger partial charge in [0.2, 0.25) is 6.54 Å². The average molecular weight is 280 g/mol. The van der Waals surface area contributed by atoms with Crippen molar-refractivity contribution >= 4 is 10.9 Å². The molecule has 3 aromatic rings. The maximum Gasteiger partial charge on any atom is 0.217 e. The third-order valence-corrected chi connectivity index (χ3v) is 4.04. The summed E-state index contributed by atoms with van der Waals surface area (Å²) in [5, 5.41) is 12.2. The highest BCUT2D eigenvalue weighted by atomic mass is 16.6. The Bertz CT molecular complexity index is 780. The summed E-state index contributed by atoms with van der Waals surface area (Å²) in [5.74, 6) is 0. The third kappa shape index (κ3) is 2.29. The highest BCUT2D eigenvalue weighted by Crippen LogP contribution is 2.36. The van der Waals surface area contributed by atoms with Crippen LogP contribution in [0.2, 0.25) is 0 Å². The second kappa shape index (κ2) is 5.05. The van der Waals surface area contributed by atoms with Gasteiger partial charge >= 0.3 is 0 Å². The number of nitrogens with zero attached hydrogens (tertiary/aromatic N) is 1. The Hall–Kier alpha value is -2.62. The molecule has 2 aromatic carbocycles. The molecule has 0 amide bonds. The second-order valence-electron chi connectivity index (χ2n) is 5.44. The van der Waals surface area contributed by atoms with E-state index in [2.05, 4.69) is 4.98 Å². The number of H-pyrrole nitrogens is 1. The quantitative estimate of drug-likeness (QED) is 0.584. The van der Waals surface area contributed by atoms with E-state index in [1.54, 1.807) is 0 Å². The zero-order chi connectivity index (χ0) is 14.9. The van der Waals surface area contributed by atoms with Crippen molar-refractivity contribution in [3.63, 3.8) is 0 Å². The third-order valence-electron chi connectivity index (χ3n) is 4.04. The molecule has 106 valence electrons. The highest BCUT2D eigenvalue weighted by molar-refractivity contribution is 5.84. The van der Waals surface area contributed by atoms with Crippen LogP contribution in [0.25, 0.3) is 10.9 Å². The van der Waals surface area contributed by atoms with Gasteiger partial charge in [0.1, 0.15) is 0 Å². The molecule has 0 bridgehead atoms.